The van der Waals surface area contributed by atoms with E-state index in [9.17, 15) is 9.59 Å². The average molecular weight is 337 g/mol. The van der Waals surface area contributed by atoms with Gasteiger partial charge in [-0.25, -0.2) is 0 Å². The summed E-state index contributed by atoms with van der Waals surface area (Å²) >= 11 is 0. The summed E-state index contributed by atoms with van der Waals surface area (Å²) in [6, 6.07) is 1.84. The van der Waals surface area contributed by atoms with Crippen LogP contribution in [0.5, 0.6) is 0 Å². The first-order valence-corrected chi connectivity index (χ1v) is 8.55. The highest BCUT2D eigenvalue weighted by molar-refractivity contribution is 5.95. The number of hydrogen-bond donors (Lipinski definition) is 1. The minimum atomic E-state index is -0.0696. The van der Waals surface area contributed by atoms with Crippen LogP contribution in [0.3, 0.4) is 0 Å². The molecule has 0 spiro atoms. The molecule has 1 heterocycles. The molecular weight excluding hydrogens is 306 g/mol. The lowest BCUT2D eigenvalue weighted by Gasteiger charge is -2.28. The van der Waals surface area contributed by atoms with Crippen molar-refractivity contribution in [2.45, 2.75) is 46.6 Å². The van der Waals surface area contributed by atoms with Crippen LogP contribution >= 0.6 is 0 Å². The molecular formula is C18H31N3O3. The Morgan fingerprint density at radius 3 is 2.42 bits per heavy atom. The van der Waals surface area contributed by atoms with Crippen LogP contribution in [0.25, 0.3) is 0 Å². The van der Waals surface area contributed by atoms with Crippen molar-refractivity contribution in [1.29, 1.82) is 0 Å². The second-order valence-corrected chi connectivity index (χ2v) is 6.49. The van der Waals surface area contributed by atoms with Gasteiger partial charge >= 0.3 is 0 Å². The van der Waals surface area contributed by atoms with E-state index in [4.69, 9.17) is 4.42 Å². The van der Waals surface area contributed by atoms with Crippen LogP contribution in [0.2, 0.25) is 0 Å². The summed E-state index contributed by atoms with van der Waals surface area (Å²) in [6.45, 7) is 9.49. The van der Waals surface area contributed by atoms with Gasteiger partial charge in [-0.15, -0.1) is 0 Å². The zero-order valence-electron chi connectivity index (χ0n) is 15.8. The standard InChI is InChI=1S/C18H31N3O3/c1-7-13(2)21(10-8-17(22)19-9-11-20(5)6)18(23)16-12-14(3)24-15(16)4/h12-13H,7-11H2,1-6H3,(H,19,22). The summed E-state index contributed by atoms with van der Waals surface area (Å²) in [5, 5.41) is 2.88. The summed E-state index contributed by atoms with van der Waals surface area (Å²) in [5.41, 5.74) is 0.584. The van der Waals surface area contributed by atoms with E-state index in [0.717, 1.165) is 18.7 Å². The molecule has 1 aromatic rings. The molecule has 1 atom stereocenters. The first kappa shape index (κ1) is 20.2. The molecule has 0 aromatic carbocycles. The molecule has 1 N–H and O–H groups in total. The van der Waals surface area contributed by atoms with E-state index in [1.165, 1.54) is 0 Å². The molecule has 136 valence electrons. The number of carbonyl (C=O) groups excluding carboxylic acids is 2. The van der Waals surface area contributed by atoms with Crippen molar-refractivity contribution in [3.63, 3.8) is 0 Å². The number of rotatable bonds is 9. The van der Waals surface area contributed by atoms with E-state index in [-0.39, 0.29) is 17.9 Å². The van der Waals surface area contributed by atoms with E-state index in [2.05, 4.69) is 5.32 Å². The Balaban J connectivity index is 2.67. The van der Waals surface area contributed by atoms with Crippen molar-refractivity contribution in [2.75, 3.05) is 33.7 Å². The molecule has 0 saturated carbocycles. The highest BCUT2D eigenvalue weighted by Crippen LogP contribution is 2.18. The molecule has 0 saturated heterocycles. The van der Waals surface area contributed by atoms with Gasteiger partial charge in [0.25, 0.3) is 5.91 Å². The fourth-order valence-corrected chi connectivity index (χ4v) is 2.47. The Hall–Kier alpha value is -1.82. The SMILES string of the molecule is CCC(C)N(CCC(=O)NCCN(C)C)C(=O)c1cc(C)oc1C. The number of carbonyl (C=O) groups is 2. The van der Waals surface area contributed by atoms with Crippen molar-refractivity contribution in [3.05, 3.63) is 23.2 Å². The maximum atomic E-state index is 12.8. The van der Waals surface area contributed by atoms with Gasteiger partial charge in [0, 0.05) is 32.1 Å². The van der Waals surface area contributed by atoms with Gasteiger partial charge in [-0.3, -0.25) is 9.59 Å². The average Bonchev–Trinajstić information content (AvgIpc) is 2.85. The highest BCUT2D eigenvalue weighted by Gasteiger charge is 2.24. The van der Waals surface area contributed by atoms with Crippen LogP contribution in [0.1, 0.15) is 48.6 Å². The number of nitrogens with zero attached hydrogens (tertiary/aromatic N) is 2. The highest BCUT2D eigenvalue weighted by atomic mass is 16.3. The first-order chi connectivity index (χ1) is 11.3. The van der Waals surface area contributed by atoms with Gasteiger partial charge in [0.15, 0.2) is 0 Å². The van der Waals surface area contributed by atoms with Crippen molar-refractivity contribution in [2.24, 2.45) is 0 Å². The van der Waals surface area contributed by atoms with Gasteiger partial charge in [-0.2, -0.15) is 0 Å². The van der Waals surface area contributed by atoms with Crippen molar-refractivity contribution >= 4 is 11.8 Å². The Kier molecular flexibility index (Phi) is 7.98. The number of hydrogen-bond acceptors (Lipinski definition) is 4. The van der Waals surface area contributed by atoms with Crippen LogP contribution in [0.4, 0.5) is 0 Å². The predicted molar refractivity (Wildman–Crippen MR) is 95.2 cm³/mol. The molecule has 6 heteroatoms. The molecule has 0 fully saturated rings. The molecule has 0 bridgehead atoms. The van der Waals surface area contributed by atoms with Crippen molar-refractivity contribution < 1.29 is 14.0 Å². The van der Waals surface area contributed by atoms with Crippen LogP contribution in [-0.4, -0.2) is 61.4 Å². The Morgan fingerprint density at radius 2 is 1.92 bits per heavy atom. The lowest BCUT2D eigenvalue weighted by atomic mass is 10.1. The summed E-state index contributed by atoms with van der Waals surface area (Å²) < 4.78 is 5.47. The van der Waals surface area contributed by atoms with E-state index in [1.807, 2.05) is 39.8 Å². The van der Waals surface area contributed by atoms with Crippen LogP contribution in [0, 0.1) is 13.8 Å². The van der Waals surface area contributed by atoms with Gasteiger partial charge in [0.2, 0.25) is 5.91 Å². The molecule has 0 aliphatic heterocycles. The second-order valence-electron chi connectivity index (χ2n) is 6.49. The third-order valence-corrected chi connectivity index (χ3v) is 4.12. The predicted octanol–water partition coefficient (Wildman–Crippen LogP) is 2.21. The lowest BCUT2D eigenvalue weighted by molar-refractivity contribution is -0.121. The Labute approximate surface area is 145 Å². The molecule has 0 aliphatic rings. The molecule has 0 aliphatic carbocycles. The monoisotopic (exact) mass is 337 g/mol. The molecule has 0 radical (unpaired) electrons. The third kappa shape index (κ3) is 6.00. The Bertz CT molecular complexity index is 552. The van der Waals surface area contributed by atoms with Crippen LogP contribution in [-0.2, 0) is 4.79 Å². The van der Waals surface area contributed by atoms with E-state index in [1.54, 1.807) is 17.9 Å². The maximum Gasteiger partial charge on any atom is 0.257 e. The van der Waals surface area contributed by atoms with Gasteiger partial charge < -0.3 is 19.5 Å². The van der Waals surface area contributed by atoms with E-state index >= 15 is 0 Å². The lowest BCUT2D eigenvalue weighted by Crippen LogP contribution is -2.41. The zero-order valence-corrected chi connectivity index (χ0v) is 15.8. The fraction of sp³-hybridized carbons (Fsp3) is 0.667. The smallest absolute Gasteiger partial charge is 0.257 e. The van der Waals surface area contributed by atoms with Gasteiger partial charge in [0.1, 0.15) is 11.5 Å². The number of amides is 2. The molecule has 1 aromatic heterocycles. The van der Waals surface area contributed by atoms with Gasteiger partial charge in [-0.1, -0.05) is 6.92 Å². The fourth-order valence-electron chi connectivity index (χ4n) is 2.47. The maximum absolute atomic E-state index is 12.8. The van der Waals surface area contributed by atoms with Crippen molar-refractivity contribution in [3.8, 4) is 0 Å². The Morgan fingerprint density at radius 1 is 1.25 bits per heavy atom. The molecule has 24 heavy (non-hydrogen) atoms. The molecule has 6 nitrogen and oxygen atoms in total. The summed E-state index contributed by atoms with van der Waals surface area (Å²) in [4.78, 5) is 28.6. The largest absolute Gasteiger partial charge is 0.466 e. The number of likely N-dealkylation sites (N-methyl/N-ethyl adjacent to an activating group) is 1. The number of nitrogens with one attached hydrogen (secondary N) is 1. The number of furan rings is 1. The van der Waals surface area contributed by atoms with Crippen LogP contribution < -0.4 is 5.32 Å². The van der Waals surface area contributed by atoms with E-state index < -0.39 is 0 Å². The summed E-state index contributed by atoms with van der Waals surface area (Å²) in [5.74, 6) is 1.25. The van der Waals surface area contributed by atoms with Crippen LogP contribution in [0.15, 0.2) is 10.5 Å². The van der Waals surface area contributed by atoms with Crippen molar-refractivity contribution in [1.82, 2.24) is 15.1 Å². The minimum absolute atomic E-state index is 0.0296. The van der Waals surface area contributed by atoms with Gasteiger partial charge in [0.05, 0.1) is 5.56 Å². The third-order valence-electron chi connectivity index (χ3n) is 4.12. The topological polar surface area (TPSA) is 65.8 Å². The zero-order chi connectivity index (χ0) is 18.3. The second kappa shape index (κ2) is 9.47. The minimum Gasteiger partial charge on any atom is -0.466 e. The molecule has 1 unspecified atom stereocenters. The summed E-state index contributed by atoms with van der Waals surface area (Å²) in [6.07, 6.45) is 1.14. The number of aryl methyl sites for hydroxylation is 2. The van der Waals surface area contributed by atoms with E-state index in [0.29, 0.717) is 30.8 Å². The molecule has 2 amide bonds. The normalized spacial score (nSPS) is 12.3. The summed E-state index contributed by atoms with van der Waals surface area (Å²) in [7, 11) is 3.93. The van der Waals surface area contributed by atoms with Gasteiger partial charge in [-0.05, 0) is 47.4 Å². The quantitative estimate of drug-likeness (QED) is 0.750. The molecule has 1 rings (SSSR count). The first-order valence-electron chi connectivity index (χ1n) is 8.55.